The van der Waals surface area contributed by atoms with Gasteiger partial charge in [-0.05, 0) is 25.7 Å². The summed E-state index contributed by atoms with van der Waals surface area (Å²) in [6.45, 7) is 0. The van der Waals surface area contributed by atoms with Gasteiger partial charge in [-0.15, -0.1) is 0 Å². The summed E-state index contributed by atoms with van der Waals surface area (Å²) in [6.07, 6.45) is 44.6. The highest BCUT2D eigenvalue weighted by molar-refractivity contribution is 8.76. The summed E-state index contributed by atoms with van der Waals surface area (Å²) < 4.78 is 33.0. The number of rotatable bonds is 45. The molecular formula is C42H90O6S2Si2. The molecule has 0 aliphatic carbocycles. The second-order valence-electron chi connectivity index (χ2n) is 15.0. The lowest BCUT2D eigenvalue weighted by atomic mass is 10.0. The molecule has 10 heteroatoms. The van der Waals surface area contributed by atoms with Gasteiger partial charge in [-0.1, -0.05) is 201 Å². The fraction of sp³-hybridized carbons (Fsp3) is 1.00. The van der Waals surface area contributed by atoms with Crippen LogP contribution in [-0.2, 0) is 26.6 Å². The smallest absolute Gasteiger partial charge is 0.377 e. The van der Waals surface area contributed by atoms with Crippen LogP contribution < -0.4 is 0 Å². The van der Waals surface area contributed by atoms with E-state index in [1.165, 1.54) is 204 Å². The van der Waals surface area contributed by atoms with Gasteiger partial charge in [-0.3, -0.25) is 0 Å². The third kappa shape index (κ3) is 33.1. The lowest BCUT2D eigenvalue weighted by Gasteiger charge is -2.24. The van der Waals surface area contributed by atoms with E-state index in [1.54, 1.807) is 42.7 Å². The molecule has 0 rings (SSSR count). The van der Waals surface area contributed by atoms with Crippen molar-refractivity contribution in [2.45, 2.75) is 218 Å². The highest BCUT2D eigenvalue weighted by atomic mass is 33.1. The lowest BCUT2D eigenvalue weighted by molar-refractivity contribution is 0.122. The van der Waals surface area contributed by atoms with Gasteiger partial charge in [0.25, 0.3) is 0 Å². The third-order valence-corrected chi connectivity index (χ3v) is 19.1. The summed E-state index contributed by atoms with van der Waals surface area (Å²) in [6, 6.07) is 1.87. The monoisotopic (exact) mass is 811 g/mol. The van der Waals surface area contributed by atoms with Crippen LogP contribution in [0.1, 0.15) is 205 Å². The Morgan fingerprint density at radius 2 is 0.385 bits per heavy atom. The fourth-order valence-electron chi connectivity index (χ4n) is 7.18. The van der Waals surface area contributed by atoms with Crippen LogP contribution in [0, 0.1) is 0 Å². The van der Waals surface area contributed by atoms with Crippen molar-refractivity contribution >= 4 is 39.2 Å². The highest BCUT2D eigenvalue weighted by Crippen LogP contribution is 2.25. The van der Waals surface area contributed by atoms with Gasteiger partial charge in [-0.2, -0.15) is 0 Å². The van der Waals surface area contributed by atoms with Crippen LogP contribution >= 0.6 is 21.6 Å². The minimum atomic E-state index is -2.35. The summed E-state index contributed by atoms with van der Waals surface area (Å²) in [4.78, 5) is 0. The normalized spacial score (nSPS) is 12.3. The molecule has 0 aromatic heterocycles. The summed E-state index contributed by atoms with van der Waals surface area (Å²) in [5.41, 5.74) is 0. The molecule has 0 N–H and O–H groups in total. The standard InChI is InChI=1S/C42H90O6S2Si2/c1-43-51(44-2,45-3)41-37-33-29-25-21-17-13-9-7-11-15-19-23-27-31-35-39-49-50-40-36-32-28-24-20-16-12-8-10-14-18-22-26-30-34-38-42-52(46-4,47-5)48-6/h7-42H2,1-6H3. The molecule has 0 bridgehead atoms. The molecule has 0 amide bonds. The lowest BCUT2D eigenvalue weighted by Crippen LogP contribution is -2.42. The van der Waals surface area contributed by atoms with Crippen molar-refractivity contribution in [3.05, 3.63) is 0 Å². The highest BCUT2D eigenvalue weighted by Gasteiger charge is 2.37. The molecule has 0 radical (unpaired) electrons. The van der Waals surface area contributed by atoms with Crippen LogP contribution in [0.3, 0.4) is 0 Å². The summed E-state index contributed by atoms with van der Waals surface area (Å²) in [5, 5.41) is 0. The molecule has 314 valence electrons. The molecule has 0 aliphatic heterocycles. The quantitative estimate of drug-likeness (QED) is 0.0342. The minimum Gasteiger partial charge on any atom is -0.377 e. The van der Waals surface area contributed by atoms with Gasteiger partial charge in [0.15, 0.2) is 0 Å². The first kappa shape index (κ1) is 52.9. The van der Waals surface area contributed by atoms with Crippen LogP contribution in [0.15, 0.2) is 0 Å². The van der Waals surface area contributed by atoms with E-state index in [1.807, 2.05) is 0 Å². The van der Waals surface area contributed by atoms with Crippen molar-refractivity contribution in [3.8, 4) is 0 Å². The van der Waals surface area contributed by atoms with Crippen molar-refractivity contribution in [2.75, 3.05) is 54.2 Å². The predicted octanol–water partition coefficient (Wildman–Crippen LogP) is 14.6. The van der Waals surface area contributed by atoms with Crippen molar-refractivity contribution in [1.82, 2.24) is 0 Å². The number of unbranched alkanes of at least 4 members (excludes halogenated alkanes) is 30. The second-order valence-corrected chi connectivity index (χ2v) is 23.9. The van der Waals surface area contributed by atoms with E-state index in [0.717, 1.165) is 24.9 Å². The van der Waals surface area contributed by atoms with Crippen LogP contribution in [-0.4, -0.2) is 71.8 Å². The van der Waals surface area contributed by atoms with Crippen LogP contribution in [0.4, 0.5) is 0 Å². The Hall–Kier alpha value is 0.894. The van der Waals surface area contributed by atoms with E-state index in [9.17, 15) is 0 Å². The Kier molecular flexibility index (Phi) is 42.2. The van der Waals surface area contributed by atoms with E-state index in [4.69, 9.17) is 26.6 Å². The average Bonchev–Trinajstić information content (AvgIpc) is 3.18. The SMILES string of the molecule is CO[Si](CCCCCCCCCCCCCCCCCCSSCCCCCCCCCCCCCCCCCC[Si](OC)(OC)OC)(OC)OC. The molecule has 0 aliphatic rings. The summed E-state index contributed by atoms with van der Waals surface area (Å²) in [5.74, 6) is 2.70. The van der Waals surface area contributed by atoms with Crippen LogP contribution in [0.5, 0.6) is 0 Å². The topological polar surface area (TPSA) is 55.4 Å². The molecule has 6 nitrogen and oxygen atoms in total. The molecule has 0 aromatic carbocycles. The van der Waals surface area contributed by atoms with E-state index in [2.05, 4.69) is 21.6 Å². The molecule has 0 saturated heterocycles. The fourth-order valence-corrected chi connectivity index (χ4v) is 13.1. The molecule has 0 saturated carbocycles. The maximum Gasteiger partial charge on any atom is 0.500 e. The van der Waals surface area contributed by atoms with Crippen molar-refractivity contribution in [1.29, 1.82) is 0 Å². The van der Waals surface area contributed by atoms with Gasteiger partial charge in [0, 0.05) is 66.3 Å². The van der Waals surface area contributed by atoms with Crippen molar-refractivity contribution in [3.63, 3.8) is 0 Å². The Labute approximate surface area is 336 Å². The Morgan fingerprint density at radius 1 is 0.231 bits per heavy atom. The Morgan fingerprint density at radius 3 is 0.558 bits per heavy atom. The van der Waals surface area contributed by atoms with Crippen LogP contribution in [0.25, 0.3) is 0 Å². The zero-order valence-electron chi connectivity index (χ0n) is 35.7. The maximum atomic E-state index is 5.51. The van der Waals surface area contributed by atoms with Crippen LogP contribution in [0.2, 0.25) is 12.1 Å². The van der Waals surface area contributed by atoms with Crippen molar-refractivity contribution in [2.24, 2.45) is 0 Å². The summed E-state index contributed by atoms with van der Waals surface area (Å²) in [7, 11) is 9.81. The third-order valence-electron chi connectivity index (χ3n) is 10.9. The molecule has 0 aromatic rings. The maximum absolute atomic E-state index is 5.51. The summed E-state index contributed by atoms with van der Waals surface area (Å²) >= 11 is 0. The zero-order chi connectivity index (χ0) is 38.1. The molecule has 52 heavy (non-hydrogen) atoms. The van der Waals surface area contributed by atoms with Gasteiger partial charge in [0.2, 0.25) is 0 Å². The number of hydrogen-bond donors (Lipinski definition) is 0. The van der Waals surface area contributed by atoms with Crippen molar-refractivity contribution < 1.29 is 26.6 Å². The van der Waals surface area contributed by atoms with E-state index < -0.39 is 17.6 Å². The first-order chi connectivity index (χ1) is 25.6. The minimum absolute atomic E-state index is 0.935. The molecule has 0 heterocycles. The van der Waals surface area contributed by atoms with Gasteiger partial charge in [0.1, 0.15) is 0 Å². The molecule has 0 spiro atoms. The molecule has 0 unspecified atom stereocenters. The predicted molar refractivity (Wildman–Crippen MR) is 236 cm³/mol. The zero-order valence-corrected chi connectivity index (χ0v) is 39.4. The number of hydrogen-bond acceptors (Lipinski definition) is 8. The average molecular weight is 811 g/mol. The first-order valence-electron chi connectivity index (χ1n) is 22.1. The van der Waals surface area contributed by atoms with E-state index >= 15 is 0 Å². The Balaban J connectivity index is 3.17. The van der Waals surface area contributed by atoms with Gasteiger partial charge in [0.05, 0.1) is 0 Å². The van der Waals surface area contributed by atoms with E-state index in [0.29, 0.717) is 0 Å². The molecular weight excluding hydrogens is 721 g/mol. The second kappa shape index (κ2) is 41.5. The van der Waals surface area contributed by atoms with Gasteiger partial charge < -0.3 is 26.6 Å². The first-order valence-corrected chi connectivity index (χ1v) is 28.5. The Bertz CT molecular complexity index is 616. The molecule has 0 atom stereocenters. The van der Waals surface area contributed by atoms with Gasteiger partial charge >= 0.3 is 17.6 Å². The van der Waals surface area contributed by atoms with Gasteiger partial charge in [-0.25, -0.2) is 0 Å². The molecule has 0 fully saturated rings. The van der Waals surface area contributed by atoms with E-state index in [-0.39, 0.29) is 0 Å². The largest absolute Gasteiger partial charge is 0.500 e.